The highest BCUT2D eigenvalue weighted by molar-refractivity contribution is 7.47. The first-order valence-corrected chi connectivity index (χ1v) is 43.3. The topological polar surface area (TPSA) is 339 Å². The summed E-state index contributed by atoms with van der Waals surface area (Å²) in [6, 6.07) is -1.92. The number of carbonyl (C=O) groups excluding carboxylic acids is 6. The number of nitrogens with one attached hydrogen (secondary N) is 4. The molecule has 8 atom stereocenters. The molecule has 0 aliphatic heterocycles. The van der Waals surface area contributed by atoms with Crippen molar-refractivity contribution in [2.24, 2.45) is 0 Å². The Morgan fingerprint density at radius 3 is 1.01 bits per heavy atom. The average Bonchev–Trinajstić information content (AvgIpc) is 0.922. The van der Waals surface area contributed by atoms with Gasteiger partial charge in [-0.1, -0.05) is 220 Å². The molecule has 0 spiro atoms. The fourth-order valence-electron chi connectivity index (χ4n) is 11.2. The second-order valence-electron chi connectivity index (χ2n) is 27.5. The van der Waals surface area contributed by atoms with Crippen molar-refractivity contribution in [2.75, 3.05) is 65.9 Å². The number of allylic oxidation sites excluding steroid dienone is 4. The minimum atomic E-state index is -4.81. The number of esters is 2. The van der Waals surface area contributed by atoms with Crippen LogP contribution in [0, 0.1) is 0 Å². The molecule has 24 nitrogen and oxygen atoms in total. The monoisotopic (exact) mass is 1510 g/mol. The molecule has 0 aromatic carbocycles. The smallest absolute Gasteiger partial charge is 0.462 e. The van der Waals surface area contributed by atoms with Gasteiger partial charge in [-0.05, 0) is 103 Å². The summed E-state index contributed by atoms with van der Waals surface area (Å²) in [6.45, 7) is 10.2. The van der Waals surface area contributed by atoms with Crippen LogP contribution < -0.4 is 21.3 Å². The second-order valence-corrected chi connectivity index (χ2v) is 30.4. The van der Waals surface area contributed by atoms with Crippen LogP contribution in [0.3, 0.4) is 0 Å². The van der Waals surface area contributed by atoms with Gasteiger partial charge in [-0.3, -0.25) is 46.9 Å². The molecule has 0 saturated carbocycles. The highest BCUT2D eigenvalue weighted by atomic mass is 31.2. The molecule has 0 saturated heterocycles. The molecule has 604 valence electrons. The summed E-state index contributed by atoms with van der Waals surface area (Å²) in [5, 5.41) is 31.6. The van der Waals surface area contributed by atoms with E-state index in [1.165, 1.54) is 38.5 Å². The largest absolute Gasteiger partial charge is 0.472 e. The van der Waals surface area contributed by atoms with E-state index in [-0.39, 0.29) is 77.1 Å². The van der Waals surface area contributed by atoms with Gasteiger partial charge in [-0.15, -0.1) is 0 Å². The van der Waals surface area contributed by atoms with Gasteiger partial charge in [-0.2, -0.15) is 0 Å². The van der Waals surface area contributed by atoms with Gasteiger partial charge >= 0.3 is 27.6 Å². The summed E-state index contributed by atoms with van der Waals surface area (Å²) in [7, 11) is -9.61. The summed E-state index contributed by atoms with van der Waals surface area (Å²) >= 11 is 0. The van der Waals surface area contributed by atoms with E-state index in [4.69, 9.17) is 37.0 Å². The maximum Gasteiger partial charge on any atom is 0.472 e. The molecule has 0 radical (unpaired) electrons. The van der Waals surface area contributed by atoms with Gasteiger partial charge < -0.3 is 60.2 Å². The van der Waals surface area contributed by atoms with Gasteiger partial charge in [0.1, 0.15) is 18.6 Å². The van der Waals surface area contributed by atoms with Crippen LogP contribution in [0.15, 0.2) is 24.3 Å². The molecule has 0 aliphatic rings. The van der Waals surface area contributed by atoms with Gasteiger partial charge in [0.25, 0.3) is 0 Å². The number of ether oxygens (including phenoxy) is 4. The van der Waals surface area contributed by atoms with Crippen molar-refractivity contribution in [1.29, 1.82) is 0 Å². The van der Waals surface area contributed by atoms with Crippen molar-refractivity contribution < 1.29 is 94.9 Å². The van der Waals surface area contributed by atoms with Gasteiger partial charge in [0.05, 0.1) is 76.8 Å². The minimum absolute atomic E-state index is 0.143. The molecule has 6 unspecified atom stereocenters. The lowest BCUT2D eigenvalue weighted by molar-refractivity contribution is -0.152. The molecular formula is C77H146N4O20P2. The molecule has 4 amide bonds. The molecule has 0 aromatic heterocycles. The zero-order valence-corrected chi connectivity index (χ0v) is 66.7. The van der Waals surface area contributed by atoms with Crippen LogP contribution in [0.1, 0.15) is 330 Å². The van der Waals surface area contributed by atoms with Crippen LogP contribution in [0.2, 0.25) is 0 Å². The van der Waals surface area contributed by atoms with E-state index in [1.54, 1.807) is 0 Å². The fourth-order valence-corrected chi connectivity index (χ4v) is 12.8. The van der Waals surface area contributed by atoms with E-state index in [2.05, 4.69) is 87.1 Å². The van der Waals surface area contributed by atoms with E-state index in [1.807, 2.05) is 0 Å². The normalized spacial score (nSPS) is 14.7. The van der Waals surface area contributed by atoms with E-state index < -0.39 is 109 Å². The maximum atomic E-state index is 13.7. The third kappa shape index (κ3) is 67.5. The molecule has 26 heteroatoms. The van der Waals surface area contributed by atoms with E-state index in [0.29, 0.717) is 51.4 Å². The van der Waals surface area contributed by atoms with Crippen LogP contribution in [-0.2, 0) is 74.9 Å². The predicted molar refractivity (Wildman–Crippen MR) is 407 cm³/mol. The third-order valence-electron chi connectivity index (χ3n) is 17.4. The van der Waals surface area contributed by atoms with Crippen molar-refractivity contribution in [2.45, 2.75) is 367 Å². The summed E-state index contributed by atoms with van der Waals surface area (Å²) < 4.78 is 70.5. The molecule has 8 N–H and O–H groups in total. The number of hydrogen-bond acceptors (Lipinski definition) is 18. The number of hydrogen-bond donors (Lipinski definition) is 8. The lowest BCUT2D eigenvalue weighted by Crippen LogP contribution is -2.43. The quantitative estimate of drug-likeness (QED) is 0.00922. The minimum Gasteiger partial charge on any atom is -0.462 e. The Hall–Kier alpha value is -3.64. The van der Waals surface area contributed by atoms with E-state index in [0.717, 1.165) is 167 Å². The van der Waals surface area contributed by atoms with Crippen LogP contribution >= 0.6 is 15.6 Å². The second kappa shape index (κ2) is 70.1. The summed E-state index contributed by atoms with van der Waals surface area (Å²) in [4.78, 5) is 100. The zero-order chi connectivity index (χ0) is 76.1. The van der Waals surface area contributed by atoms with Crippen LogP contribution in [0.5, 0.6) is 0 Å². The number of rotatable bonds is 76. The Kier molecular flexibility index (Phi) is 67.6. The maximum absolute atomic E-state index is 13.7. The first-order chi connectivity index (χ1) is 49.7. The van der Waals surface area contributed by atoms with Crippen molar-refractivity contribution >= 4 is 51.2 Å². The lowest BCUT2D eigenvalue weighted by atomic mass is 10.1. The third-order valence-corrected chi connectivity index (χ3v) is 19.3. The number of unbranched alkanes of at least 4 members (excludes halogenated alkanes) is 26. The SMILES string of the molecule is CCCCCC/C=C\CCCC(=O)O[C@H](CCCCCCC)CC(=O)NC(COCCC(O)CCCCCCC)COP(=O)(O)OCCNC(=O)CC(=O)NCCOP(=O)(O)OCC(COCCC(O)CCCCCCC)NC(=O)C[C@@H](CCCCCCC)OC(=O)CCC/C=C\CCCCCC. The van der Waals surface area contributed by atoms with Crippen LogP contribution in [-0.4, -0.2) is 158 Å². The number of aliphatic hydroxyl groups is 2. The van der Waals surface area contributed by atoms with Crippen molar-refractivity contribution in [1.82, 2.24) is 21.3 Å². The molecule has 0 aliphatic carbocycles. The Bertz CT molecular complexity index is 2100. The van der Waals surface area contributed by atoms with Crippen molar-refractivity contribution in [3.8, 4) is 0 Å². The molecule has 103 heavy (non-hydrogen) atoms. The van der Waals surface area contributed by atoms with Gasteiger partial charge in [0.15, 0.2) is 0 Å². The first-order valence-electron chi connectivity index (χ1n) is 40.3. The van der Waals surface area contributed by atoms with E-state index >= 15 is 0 Å². The van der Waals surface area contributed by atoms with Gasteiger partial charge in [0.2, 0.25) is 23.6 Å². The van der Waals surface area contributed by atoms with E-state index in [9.17, 15) is 57.9 Å². The Morgan fingerprint density at radius 2 is 0.670 bits per heavy atom. The van der Waals surface area contributed by atoms with Gasteiger partial charge in [-0.25, -0.2) is 9.13 Å². The highest BCUT2D eigenvalue weighted by Gasteiger charge is 2.29. The van der Waals surface area contributed by atoms with Crippen LogP contribution in [0.4, 0.5) is 0 Å². The summed E-state index contributed by atoms with van der Waals surface area (Å²) in [5.74, 6) is -3.31. The molecule has 0 heterocycles. The number of phosphoric ester groups is 2. The number of aliphatic hydroxyl groups excluding tert-OH is 2. The molecule has 0 aromatic rings. The average molecular weight is 1510 g/mol. The van der Waals surface area contributed by atoms with Crippen LogP contribution in [0.25, 0.3) is 0 Å². The highest BCUT2D eigenvalue weighted by Crippen LogP contribution is 2.44. The number of phosphoric acid groups is 2. The first kappa shape index (κ1) is 99.4. The summed E-state index contributed by atoms with van der Waals surface area (Å²) in [5.41, 5.74) is 0. The molecule has 0 bridgehead atoms. The Labute approximate surface area is 621 Å². The Morgan fingerprint density at radius 1 is 0.359 bits per heavy atom. The molecule has 0 fully saturated rings. The van der Waals surface area contributed by atoms with Crippen molar-refractivity contribution in [3.05, 3.63) is 24.3 Å². The molecule has 0 rings (SSSR count). The fraction of sp³-hybridized carbons (Fsp3) is 0.870. The predicted octanol–water partition coefficient (Wildman–Crippen LogP) is 15.8. The summed E-state index contributed by atoms with van der Waals surface area (Å²) in [6.07, 6.45) is 42.6. The Balaban J connectivity index is 5.62. The van der Waals surface area contributed by atoms with Crippen molar-refractivity contribution in [3.63, 3.8) is 0 Å². The standard InChI is InChI=1S/C77H146N4O20P2/c1-7-13-19-25-27-29-31-37-43-49-76(88)100-70(47-41-35-23-17-11-5)59-74(86)80-66(62-94-55-51-68(82)45-39-33-21-15-9-3)64-98-102(90,91)96-57-53-78-72(84)61-73(85)79-54-58-97-103(92,93)99-65-67(63-95-56-52-69(83)46-40-34-22-16-10-4)81-75(87)60-71(48-42-36-24-18-12-6)101-77(89)50-44-38-32-30-28-26-20-14-8-2/h29-32,66-71,82-83H,7-28,33-65H2,1-6H3,(H,78,84)(H,79,85)(H,80,86)(H,81,87)(H,90,91)(H,92,93)/b31-29-,32-30-/t66?,67?,68?,69?,70-,71-/m1/s1. The number of carbonyl (C=O) groups is 6. The zero-order valence-electron chi connectivity index (χ0n) is 64.9. The van der Waals surface area contributed by atoms with Gasteiger partial charge in [0, 0.05) is 39.1 Å². The number of amides is 4. The lowest BCUT2D eigenvalue weighted by Gasteiger charge is -2.23. The molecular weight excluding hydrogens is 1360 g/mol.